The van der Waals surface area contributed by atoms with Crippen LogP contribution in [0.3, 0.4) is 0 Å². The van der Waals surface area contributed by atoms with Crippen molar-refractivity contribution >= 4 is 17.7 Å². The van der Waals surface area contributed by atoms with Crippen molar-refractivity contribution in [3.8, 4) is 0 Å². The number of thioether (sulfide) groups is 1. The van der Waals surface area contributed by atoms with Crippen molar-refractivity contribution in [1.82, 2.24) is 10.5 Å². The SMILES string of the molecule is Cc1cc(CSc2ccccc2C(=O)NCC(C)CCO)on1. The van der Waals surface area contributed by atoms with Gasteiger partial charge in [0.2, 0.25) is 0 Å². The molecule has 1 unspecified atom stereocenters. The van der Waals surface area contributed by atoms with E-state index in [1.807, 2.05) is 44.2 Å². The van der Waals surface area contributed by atoms with Crippen LogP contribution in [-0.2, 0) is 5.75 Å². The summed E-state index contributed by atoms with van der Waals surface area (Å²) >= 11 is 1.55. The van der Waals surface area contributed by atoms with E-state index in [4.69, 9.17) is 9.63 Å². The highest BCUT2D eigenvalue weighted by molar-refractivity contribution is 7.98. The molecule has 0 radical (unpaired) electrons. The van der Waals surface area contributed by atoms with Crippen molar-refractivity contribution < 1.29 is 14.4 Å². The fraction of sp³-hybridized carbons (Fsp3) is 0.412. The third-order valence-electron chi connectivity index (χ3n) is 3.41. The molecule has 1 atom stereocenters. The molecule has 0 saturated carbocycles. The van der Waals surface area contributed by atoms with Crippen LogP contribution < -0.4 is 5.32 Å². The van der Waals surface area contributed by atoms with E-state index in [1.165, 1.54) is 0 Å². The summed E-state index contributed by atoms with van der Waals surface area (Å²) in [5.74, 6) is 1.58. The molecule has 0 aliphatic carbocycles. The number of aromatic nitrogens is 1. The van der Waals surface area contributed by atoms with E-state index in [0.29, 0.717) is 24.3 Å². The lowest BCUT2D eigenvalue weighted by atomic mass is 10.1. The molecule has 0 aliphatic heterocycles. The Morgan fingerprint density at radius 1 is 1.43 bits per heavy atom. The number of amides is 1. The molecule has 23 heavy (non-hydrogen) atoms. The first-order chi connectivity index (χ1) is 11.1. The predicted molar refractivity (Wildman–Crippen MR) is 90.4 cm³/mol. The summed E-state index contributed by atoms with van der Waals surface area (Å²) in [5.41, 5.74) is 1.51. The highest BCUT2D eigenvalue weighted by atomic mass is 32.2. The van der Waals surface area contributed by atoms with Crippen molar-refractivity contribution in [3.05, 3.63) is 47.3 Å². The average molecular weight is 334 g/mol. The fourth-order valence-corrected chi connectivity index (χ4v) is 3.02. The Bertz CT molecular complexity index is 642. The monoisotopic (exact) mass is 334 g/mol. The second-order valence-corrected chi connectivity index (χ2v) is 6.56. The van der Waals surface area contributed by atoms with Gasteiger partial charge in [0.05, 0.1) is 17.0 Å². The summed E-state index contributed by atoms with van der Waals surface area (Å²) < 4.78 is 5.20. The van der Waals surface area contributed by atoms with Gasteiger partial charge < -0.3 is 14.9 Å². The second-order valence-electron chi connectivity index (χ2n) is 5.55. The molecule has 6 heteroatoms. The minimum absolute atomic E-state index is 0.0911. The average Bonchev–Trinajstić information content (AvgIpc) is 2.97. The van der Waals surface area contributed by atoms with E-state index >= 15 is 0 Å². The van der Waals surface area contributed by atoms with E-state index in [0.717, 1.165) is 16.3 Å². The molecule has 0 bridgehead atoms. The van der Waals surface area contributed by atoms with E-state index < -0.39 is 0 Å². The van der Waals surface area contributed by atoms with Crippen LogP contribution in [0, 0.1) is 12.8 Å². The third kappa shape index (κ3) is 5.41. The van der Waals surface area contributed by atoms with Crippen LogP contribution in [0.1, 0.15) is 35.2 Å². The Morgan fingerprint density at radius 2 is 2.22 bits per heavy atom. The number of nitrogens with one attached hydrogen (secondary N) is 1. The van der Waals surface area contributed by atoms with Crippen LogP contribution in [0.25, 0.3) is 0 Å². The molecule has 1 amide bonds. The molecule has 1 aromatic carbocycles. The van der Waals surface area contributed by atoms with Crippen LogP contribution in [0.5, 0.6) is 0 Å². The van der Waals surface area contributed by atoms with Gasteiger partial charge in [-0.15, -0.1) is 11.8 Å². The quantitative estimate of drug-likeness (QED) is 0.726. The van der Waals surface area contributed by atoms with Crippen LogP contribution in [0.15, 0.2) is 39.8 Å². The van der Waals surface area contributed by atoms with Crippen LogP contribution >= 0.6 is 11.8 Å². The summed E-state index contributed by atoms with van der Waals surface area (Å²) in [7, 11) is 0. The molecular weight excluding hydrogens is 312 g/mol. The third-order valence-corrected chi connectivity index (χ3v) is 4.51. The Hall–Kier alpha value is -1.79. The number of aryl methyl sites for hydroxylation is 1. The summed E-state index contributed by atoms with van der Waals surface area (Å²) in [5, 5.41) is 15.7. The first-order valence-electron chi connectivity index (χ1n) is 7.63. The maximum absolute atomic E-state index is 12.4. The molecule has 0 spiro atoms. The number of carbonyl (C=O) groups excluding carboxylic acids is 1. The minimum atomic E-state index is -0.0911. The number of aliphatic hydroxyl groups is 1. The van der Waals surface area contributed by atoms with Gasteiger partial charge in [-0.3, -0.25) is 4.79 Å². The lowest BCUT2D eigenvalue weighted by molar-refractivity contribution is 0.0942. The standard InChI is InChI=1S/C17H22N2O3S/c1-12(7-8-20)10-18-17(21)15-5-3-4-6-16(15)23-11-14-9-13(2)19-22-14/h3-6,9,12,20H,7-8,10-11H2,1-2H3,(H,18,21). The second kappa shape index (κ2) is 8.74. The van der Waals surface area contributed by atoms with Crippen LogP contribution in [0.4, 0.5) is 0 Å². The van der Waals surface area contributed by atoms with E-state index in [2.05, 4.69) is 10.5 Å². The molecule has 2 N–H and O–H groups in total. The maximum Gasteiger partial charge on any atom is 0.252 e. The van der Waals surface area contributed by atoms with Crippen LogP contribution in [-0.4, -0.2) is 29.3 Å². The van der Waals surface area contributed by atoms with Gasteiger partial charge >= 0.3 is 0 Å². The summed E-state index contributed by atoms with van der Waals surface area (Å²) in [6.45, 7) is 4.58. The predicted octanol–water partition coefficient (Wildman–Crippen LogP) is 3.02. The van der Waals surface area contributed by atoms with Gasteiger partial charge in [0.1, 0.15) is 5.76 Å². The largest absolute Gasteiger partial charge is 0.396 e. The lowest BCUT2D eigenvalue weighted by Crippen LogP contribution is -2.29. The van der Waals surface area contributed by atoms with Gasteiger partial charge in [-0.05, 0) is 31.4 Å². The van der Waals surface area contributed by atoms with Gasteiger partial charge in [0, 0.05) is 24.1 Å². The van der Waals surface area contributed by atoms with Crippen LogP contribution in [0.2, 0.25) is 0 Å². The normalized spacial score (nSPS) is 12.1. The number of benzene rings is 1. The molecule has 0 aliphatic rings. The number of hydrogen-bond acceptors (Lipinski definition) is 5. The first-order valence-corrected chi connectivity index (χ1v) is 8.61. The summed E-state index contributed by atoms with van der Waals surface area (Å²) in [6, 6.07) is 9.42. The Kier molecular flexibility index (Phi) is 6.67. The van der Waals surface area contributed by atoms with E-state index in [-0.39, 0.29) is 18.4 Å². The molecular formula is C17H22N2O3S. The number of hydrogen-bond donors (Lipinski definition) is 2. The maximum atomic E-state index is 12.4. The molecule has 0 saturated heterocycles. The fourth-order valence-electron chi connectivity index (χ4n) is 2.10. The van der Waals surface area contributed by atoms with Gasteiger partial charge in [-0.2, -0.15) is 0 Å². The van der Waals surface area contributed by atoms with E-state index in [9.17, 15) is 4.79 Å². The van der Waals surface area contributed by atoms with Crippen molar-refractivity contribution in [1.29, 1.82) is 0 Å². The van der Waals surface area contributed by atoms with Gasteiger partial charge in [-0.1, -0.05) is 24.2 Å². The smallest absolute Gasteiger partial charge is 0.252 e. The number of carbonyl (C=O) groups is 1. The zero-order chi connectivity index (χ0) is 16.7. The zero-order valence-corrected chi connectivity index (χ0v) is 14.2. The van der Waals surface area contributed by atoms with Gasteiger partial charge in [-0.25, -0.2) is 0 Å². The Labute approximate surface area is 140 Å². The Balaban J connectivity index is 1.97. The highest BCUT2D eigenvalue weighted by Gasteiger charge is 2.13. The number of aliphatic hydroxyl groups excluding tert-OH is 1. The van der Waals surface area contributed by atoms with Crippen molar-refractivity contribution in [2.24, 2.45) is 5.92 Å². The molecule has 124 valence electrons. The molecule has 2 rings (SSSR count). The molecule has 1 aromatic heterocycles. The number of rotatable bonds is 8. The van der Waals surface area contributed by atoms with Gasteiger partial charge in [0.15, 0.2) is 0 Å². The lowest BCUT2D eigenvalue weighted by Gasteiger charge is -2.13. The van der Waals surface area contributed by atoms with Gasteiger partial charge in [0.25, 0.3) is 5.91 Å². The minimum Gasteiger partial charge on any atom is -0.396 e. The summed E-state index contributed by atoms with van der Waals surface area (Å²) in [4.78, 5) is 13.3. The van der Waals surface area contributed by atoms with Crippen molar-refractivity contribution in [2.45, 2.75) is 30.9 Å². The summed E-state index contributed by atoms with van der Waals surface area (Å²) in [6.07, 6.45) is 0.682. The Morgan fingerprint density at radius 3 is 2.91 bits per heavy atom. The highest BCUT2D eigenvalue weighted by Crippen LogP contribution is 2.26. The first kappa shape index (κ1) is 17.6. The zero-order valence-electron chi connectivity index (χ0n) is 13.4. The molecule has 0 fully saturated rings. The number of nitrogens with zero attached hydrogens (tertiary/aromatic N) is 1. The topological polar surface area (TPSA) is 75.4 Å². The molecule has 2 aromatic rings. The molecule has 5 nitrogen and oxygen atoms in total. The van der Waals surface area contributed by atoms with Crippen molar-refractivity contribution in [3.63, 3.8) is 0 Å². The van der Waals surface area contributed by atoms with E-state index in [1.54, 1.807) is 11.8 Å². The molecule has 1 heterocycles. The van der Waals surface area contributed by atoms with Crippen molar-refractivity contribution in [2.75, 3.05) is 13.2 Å².